The van der Waals surface area contributed by atoms with Crippen LogP contribution >= 0.6 is 0 Å². The van der Waals surface area contributed by atoms with Gasteiger partial charge in [0.05, 0.1) is 17.1 Å². The number of amides is 1. The molecular formula is C17H20N2O7S. The van der Waals surface area contributed by atoms with Crippen LogP contribution < -0.4 is 0 Å². The molecule has 0 spiro atoms. The highest BCUT2D eigenvalue weighted by Gasteiger charge is 2.32. The van der Waals surface area contributed by atoms with Gasteiger partial charge in [0.1, 0.15) is 0 Å². The molecule has 1 aromatic rings. The lowest BCUT2D eigenvalue weighted by atomic mass is 10.2. The van der Waals surface area contributed by atoms with Crippen LogP contribution in [0.2, 0.25) is 0 Å². The predicted octanol–water partition coefficient (Wildman–Crippen LogP) is 0.0117. The van der Waals surface area contributed by atoms with Gasteiger partial charge < -0.3 is 14.4 Å². The number of cyclic esters (lactones) is 1. The van der Waals surface area contributed by atoms with Crippen LogP contribution in [0, 0.1) is 0 Å². The SMILES string of the molecule is CC(=O)N1CCN(S(=O)(=O)c2cccc(C(=O)O[C@@H]3CCOC3=O)c2)CC1. The van der Waals surface area contributed by atoms with E-state index in [2.05, 4.69) is 0 Å². The molecule has 0 radical (unpaired) electrons. The lowest BCUT2D eigenvalue weighted by molar-refractivity contribution is -0.145. The van der Waals surface area contributed by atoms with E-state index in [1.807, 2.05) is 0 Å². The van der Waals surface area contributed by atoms with Gasteiger partial charge in [-0.2, -0.15) is 4.31 Å². The molecule has 146 valence electrons. The molecule has 2 heterocycles. The fraction of sp³-hybridized carbons (Fsp3) is 0.471. The lowest BCUT2D eigenvalue weighted by Crippen LogP contribution is -2.49. The van der Waals surface area contributed by atoms with Crippen molar-refractivity contribution in [2.75, 3.05) is 32.8 Å². The molecule has 2 aliphatic rings. The summed E-state index contributed by atoms with van der Waals surface area (Å²) >= 11 is 0. The third kappa shape index (κ3) is 4.11. The number of ether oxygens (including phenoxy) is 2. The molecule has 0 saturated carbocycles. The number of piperazine rings is 1. The molecule has 9 nitrogen and oxygen atoms in total. The summed E-state index contributed by atoms with van der Waals surface area (Å²) in [6, 6.07) is 5.50. The summed E-state index contributed by atoms with van der Waals surface area (Å²) in [7, 11) is -3.81. The molecule has 1 aromatic carbocycles. The highest BCUT2D eigenvalue weighted by molar-refractivity contribution is 7.89. The number of esters is 2. The van der Waals surface area contributed by atoms with Crippen molar-refractivity contribution in [3.8, 4) is 0 Å². The lowest BCUT2D eigenvalue weighted by Gasteiger charge is -2.33. The first-order valence-electron chi connectivity index (χ1n) is 8.52. The summed E-state index contributed by atoms with van der Waals surface area (Å²) in [6.07, 6.45) is -0.680. The fourth-order valence-electron chi connectivity index (χ4n) is 2.96. The zero-order valence-corrected chi connectivity index (χ0v) is 15.6. The van der Waals surface area contributed by atoms with Crippen LogP contribution in [-0.2, 0) is 29.1 Å². The van der Waals surface area contributed by atoms with Gasteiger partial charge in [-0.15, -0.1) is 0 Å². The van der Waals surface area contributed by atoms with Crippen LogP contribution in [0.25, 0.3) is 0 Å². The van der Waals surface area contributed by atoms with Gasteiger partial charge >= 0.3 is 11.9 Å². The summed E-state index contributed by atoms with van der Waals surface area (Å²) in [5.74, 6) is -1.48. The number of benzene rings is 1. The molecular weight excluding hydrogens is 376 g/mol. The number of nitrogens with zero attached hydrogens (tertiary/aromatic N) is 2. The van der Waals surface area contributed by atoms with Crippen LogP contribution in [0.1, 0.15) is 23.7 Å². The Labute approximate surface area is 156 Å². The maximum Gasteiger partial charge on any atom is 0.347 e. The average molecular weight is 396 g/mol. The van der Waals surface area contributed by atoms with Crippen LogP contribution in [0.5, 0.6) is 0 Å². The number of carbonyl (C=O) groups excluding carboxylic acids is 3. The fourth-order valence-corrected chi connectivity index (χ4v) is 4.43. The predicted molar refractivity (Wildman–Crippen MR) is 92.2 cm³/mol. The molecule has 3 rings (SSSR count). The van der Waals surface area contributed by atoms with E-state index in [0.717, 1.165) is 0 Å². The van der Waals surface area contributed by atoms with Gasteiger partial charge in [-0.3, -0.25) is 4.79 Å². The minimum Gasteiger partial charge on any atom is -0.463 e. The van der Waals surface area contributed by atoms with Crippen LogP contribution in [0.15, 0.2) is 29.2 Å². The van der Waals surface area contributed by atoms with Gasteiger partial charge in [0.15, 0.2) is 0 Å². The van der Waals surface area contributed by atoms with Crippen molar-refractivity contribution in [1.82, 2.24) is 9.21 Å². The smallest absolute Gasteiger partial charge is 0.347 e. The van der Waals surface area contributed by atoms with Crippen molar-refractivity contribution in [2.24, 2.45) is 0 Å². The highest BCUT2D eigenvalue weighted by Crippen LogP contribution is 2.20. The summed E-state index contributed by atoms with van der Waals surface area (Å²) in [6.45, 7) is 2.64. The van der Waals surface area contributed by atoms with Crippen molar-refractivity contribution in [3.63, 3.8) is 0 Å². The van der Waals surface area contributed by atoms with Gasteiger partial charge in [-0.05, 0) is 18.2 Å². The second kappa shape index (κ2) is 7.65. The molecule has 0 unspecified atom stereocenters. The second-order valence-electron chi connectivity index (χ2n) is 6.29. The second-order valence-corrected chi connectivity index (χ2v) is 8.23. The molecule has 2 fully saturated rings. The molecule has 2 saturated heterocycles. The zero-order chi connectivity index (χ0) is 19.6. The molecule has 1 atom stereocenters. The van der Waals surface area contributed by atoms with Crippen molar-refractivity contribution in [1.29, 1.82) is 0 Å². The first-order chi connectivity index (χ1) is 12.8. The van der Waals surface area contributed by atoms with E-state index >= 15 is 0 Å². The number of hydrogen-bond acceptors (Lipinski definition) is 7. The first kappa shape index (κ1) is 19.3. The zero-order valence-electron chi connectivity index (χ0n) is 14.8. The van der Waals surface area contributed by atoms with Gasteiger partial charge in [0.2, 0.25) is 22.0 Å². The van der Waals surface area contributed by atoms with E-state index in [-0.39, 0.29) is 42.5 Å². The largest absolute Gasteiger partial charge is 0.463 e. The Morgan fingerprint density at radius 1 is 1.19 bits per heavy atom. The Hall–Kier alpha value is -2.46. The Bertz CT molecular complexity index is 860. The van der Waals surface area contributed by atoms with E-state index in [1.165, 1.54) is 35.5 Å². The molecule has 10 heteroatoms. The maximum atomic E-state index is 12.8. The Balaban J connectivity index is 1.73. The van der Waals surface area contributed by atoms with E-state index in [4.69, 9.17) is 9.47 Å². The van der Waals surface area contributed by atoms with E-state index in [1.54, 1.807) is 4.90 Å². The van der Waals surface area contributed by atoms with E-state index < -0.39 is 28.1 Å². The Kier molecular flexibility index (Phi) is 5.47. The molecule has 1 amide bonds. The minimum absolute atomic E-state index is 0.0396. The third-order valence-electron chi connectivity index (χ3n) is 4.53. The third-order valence-corrected chi connectivity index (χ3v) is 6.42. The number of rotatable bonds is 4. The summed E-state index contributed by atoms with van der Waals surface area (Å²) in [5.41, 5.74) is 0.0400. The topological polar surface area (TPSA) is 110 Å². The number of hydrogen-bond donors (Lipinski definition) is 0. The van der Waals surface area contributed by atoms with Gasteiger partial charge in [-0.1, -0.05) is 6.07 Å². The van der Waals surface area contributed by atoms with Crippen LogP contribution in [0.3, 0.4) is 0 Å². The van der Waals surface area contributed by atoms with Gasteiger partial charge in [0.25, 0.3) is 0 Å². The quantitative estimate of drug-likeness (QED) is 0.660. The van der Waals surface area contributed by atoms with E-state index in [9.17, 15) is 22.8 Å². The van der Waals surface area contributed by atoms with Crippen molar-refractivity contribution in [3.05, 3.63) is 29.8 Å². The van der Waals surface area contributed by atoms with Crippen LogP contribution in [0.4, 0.5) is 0 Å². The van der Waals surface area contributed by atoms with Crippen molar-refractivity contribution < 1.29 is 32.3 Å². The Morgan fingerprint density at radius 2 is 1.89 bits per heavy atom. The summed E-state index contributed by atoms with van der Waals surface area (Å²) in [4.78, 5) is 36.6. The minimum atomic E-state index is -3.81. The normalized spacial score (nSPS) is 21.0. The average Bonchev–Trinajstić information content (AvgIpc) is 3.06. The van der Waals surface area contributed by atoms with Gasteiger partial charge in [0, 0.05) is 39.5 Å². The molecule has 2 aliphatic heterocycles. The van der Waals surface area contributed by atoms with E-state index in [0.29, 0.717) is 13.1 Å². The maximum absolute atomic E-state index is 12.8. The summed E-state index contributed by atoms with van der Waals surface area (Å²) < 4.78 is 36.8. The molecule has 0 bridgehead atoms. The monoisotopic (exact) mass is 396 g/mol. The van der Waals surface area contributed by atoms with Crippen molar-refractivity contribution >= 4 is 27.9 Å². The highest BCUT2D eigenvalue weighted by atomic mass is 32.2. The molecule has 27 heavy (non-hydrogen) atoms. The standard InChI is InChI=1S/C17H20N2O7S/c1-12(20)18-6-8-19(9-7-18)27(23,24)14-4-2-3-13(11-14)16(21)26-15-5-10-25-17(15)22/h2-4,11,15H,5-10H2,1H3/t15-/m1/s1. The number of sulfonamides is 1. The molecule has 0 N–H and O–H groups in total. The van der Waals surface area contributed by atoms with Crippen LogP contribution in [-0.4, -0.2) is 74.4 Å². The van der Waals surface area contributed by atoms with Crippen molar-refractivity contribution in [2.45, 2.75) is 24.3 Å². The molecule has 0 aromatic heterocycles. The summed E-state index contributed by atoms with van der Waals surface area (Å²) in [5, 5.41) is 0. The number of carbonyl (C=O) groups is 3. The first-order valence-corrected chi connectivity index (χ1v) is 9.96. The van der Waals surface area contributed by atoms with Gasteiger partial charge in [-0.25, -0.2) is 18.0 Å². The molecule has 0 aliphatic carbocycles. The Morgan fingerprint density at radius 3 is 2.48 bits per heavy atom.